The first-order chi connectivity index (χ1) is 5.04. The maximum Gasteiger partial charge on any atom is 0.135 e. The molecule has 5 nitrogen and oxygen atoms in total. The van der Waals surface area contributed by atoms with Gasteiger partial charge in [-0.05, 0) is 6.92 Å². The van der Waals surface area contributed by atoms with Crippen molar-refractivity contribution in [2.45, 2.75) is 37.6 Å². The molecule has 0 radical (unpaired) electrons. The van der Waals surface area contributed by atoms with Gasteiger partial charge in [-0.25, -0.2) is 0 Å². The van der Waals surface area contributed by atoms with E-state index in [2.05, 4.69) is 0 Å². The van der Waals surface area contributed by atoms with Crippen LogP contribution >= 0.6 is 0 Å². The van der Waals surface area contributed by atoms with Crippen molar-refractivity contribution in [3.63, 3.8) is 0 Å². The van der Waals surface area contributed by atoms with E-state index >= 15 is 0 Å². The van der Waals surface area contributed by atoms with Crippen LogP contribution in [-0.4, -0.2) is 46.0 Å². The van der Waals surface area contributed by atoms with Crippen LogP contribution in [0.2, 0.25) is 0 Å². The van der Waals surface area contributed by atoms with Gasteiger partial charge in [0.2, 0.25) is 0 Å². The van der Waals surface area contributed by atoms with Gasteiger partial charge in [-0.1, -0.05) is 0 Å². The summed E-state index contributed by atoms with van der Waals surface area (Å²) in [7, 11) is 0. The van der Waals surface area contributed by atoms with Gasteiger partial charge in [0.25, 0.3) is 0 Å². The van der Waals surface area contributed by atoms with E-state index in [0.29, 0.717) is 0 Å². The quantitative estimate of drug-likeness (QED) is 0.324. The van der Waals surface area contributed by atoms with Gasteiger partial charge in [0.15, 0.2) is 0 Å². The Bertz CT molecular complexity index is 129. The SMILES string of the molecule is CC1O[C@@H](N)[C@@H](O)C(O)[C@H]1O. The Hall–Kier alpha value is -0.200. The molecule has 0 aromatic heterocycles. The number of hydrogen-bond acceptors (Lipinski definition) is 5. The second-order valence-corrected chi connectivity index (χ2v) is 2.78. The number of ether oxygens (including phenoxy) is 1. The minimum absolute atomic E-state index is 0.539. The molecule has 5 N–H and O–H groups in total. The smallest absolute Gasteiger partial charge is 0.135 e. The molecule has 1 fully saturated rings. The van der Waals surface area contributed by atoms with E-state index < -0.39 is 30.6 Å². The number of aliphatic hydroxyl groups excluding tert-OH is 3. The number of rotatable bonds is 0. The van der Waals surface area contributed by atoms with Gasteiger partial charge in [0.05, 0.1) is 6.10 Å². The molecule has 1 rings (SSSR count). The maximum atomic E-state index is 9.14. The number of hydrogen-bond donors (Lipinski definition) is 4. The van der Waals surface area contributed by atoms with Gasteiger partial charge in [-0.2, -0.15) is 0 Å². The lowest BCUT2D eigenvalue weighted by Gasteiger charge is -2.37. The van der Waals surface area contributed by atoms with Gasteiger partial charge >= 0.3 is 0 Å². The molecule has 5 heteroatoms. The molecule has 0 aromatic carbocycles. The monoisotopic (exact) mass is 163 g/mol. The molecule has 0 amide bonds. The summed E-state index contributed by atoms with van der Waals surface area (Å²) in [6, 6.07) is 0. The molecular formula is C6H13NO4. The highest BCUT2D eigenvalue weighted by molar-refractivity contribution is 4.87. The van der Waals surface area contributed by atoms with Crippen molar-refractivity contribution in [1.82, 2.24) is 0 Å². The summed E-state index contributed by atoms with van der Waals surface area (Å²) < 4.78 is 4.90. The summed E-state index contributed by atoms with van der Waals surface area (Å²) in [5.41, 5.74) is 5.28. The van der Waals surface area contributed by atoms with Crippen molar-refractivity contribution in [1.29, 1.82) is 0 Å². The van der Waals surface area contributed by atoms with Crippen molar-refractivity contribution >= 4 is 0 Å². The van der Waals surface area contributed by atoms with Crippen LogP contribution in [0.5, 0.6) is 0 Å². The molecular weight excluding hydrogens is 150 g/mol. The van der Waals surface area contributed by atoms with Crippen molar-refractivity contribution in [2.24, 2.45) is 5.73 Å². The third-order valence-electron chi connectivity index (χ3n) is 1.89. The molecule has 5 atom stereocenters. The second kappa shape index (κ2) is 3.04. The van der Waals surface area contributed by atoms with Crippen LogP contribution in [0.15, 0.2) is 0 Å². The predicted molar refractivity (Wildman–Crippen MR) is 36.5 cm³/mol. The van der Waals surface area contributed by atoms with Crippen molar-refractivity contribution < 1.29 is 20.1 Å². The minimum Gasteiger partial charge on any atom is -0.388 e. The average Bonchev–Trinajstić information content (AvgIpc) is 1.97. The Labute approximate surface area is 64.4 Å². The van der Waals surface area contributed by atoms with Crippen molar-refractivity contribution in [2.75, 3.05) is 0 Å². The normalized spacial score (nSPS) is 52.6. The average molecular weight is 163 g/mol. The highest BCUT2D eigenvalue weighted by atomic mass is 16.5. The zero-order chi connectivity index (χ0) is 8.59. The lowest BCUT2D eigenvalue weighted by molar-refractivity contribution is -0.215. The molecule has 2 unspecified atom stereocenters. The fraction of sp³-hybridized carbons (Fsp3) is 1.00. The second-order valence-electron chi connectivity index (χ2n) is 2.78. The van der Waals surface area contributed by atoms with Crippen LogP contribution in [0.25, 0.3) is 0 Å². The van der Waals surface area contributed by atoms with Gasteiger partial charge < -0.3 is 25.8 Å². The summed E-state index contributed by atoms with van der Waals surface area (Å²) in [5, 5.41) is 27.3. The zero-order valence-corrected chi connectivity index (χ0v) is 6.21. The summed E-state index contributed by atoms with van der Waals surface area (Å²) >= 11 is 0. The number of nitrogens with two attached hydrogens (primary N) is 1. The molecule has 0 spiro atoms. The molecule has 1 heterocycles. The Morgan fingerprint density at radius 1 is 1.09 bits per heavy atom. The molecule has 0 saturated carbocycles. The largest absolute Gasteiger partial charge is 0.388 e. The first-order valence-electron chi connectivity index (χ1n) is 3.49. The topological polar surface area (TPSA) is 95.9 Å². The van der Waals surface area contributed by atoms with E-state index in [4.69, 9.17) is 25.8 Å². The Kier molecular flexibility index (Phi) is 2.46. The lowest BCUT2D eigenvalue weighted by Crippen LogP contribution is -2.59. The highest BCUT2D eigenvalue weighted by Gasteiger charge is 2.39. The predicted octanol–water partition coefficient (Wildman–Crippen LogP) is -2.23. The molecule has 66 valence electrons. The Morgan fingerprint density at radius 3 is 2.18 bits per heavy atom. The van der Waals surface area contributed by atoms with Crippen LogP contribution in [0.4, 0.5) is 0 Å². The lowest BCUT2D eigenvalue weighted by atomic mass is 9.99. The van der Waals surface area contributed by atoms with Gasteiger partial charge in [-0.3, -0.25) is 0 Å². The van der Waals surface area contributed by atoms with E-state index in [1.54, 1.807) is 6.92 Å². The van der Waals surface area contributed by atoms with E-state index in [1.165, 1.54) is 0 Å². The number of aliphatic hydroxyl groups is 3. The molecule has 0 aromatic rings. The Balaban J connectivity index is 2.63. The maximum absolute atomic E-state index is 9.14. The molecule has 1 saturated heterocycles. The fourth-order valence-electron chi connectivity index (χ4n) is 1.08. The van der Waals surface area contributed by atoms with E-state index in [9.17, 15) is 0 Å². The molecule has 11 heavy (non-hydrogen) atoms. The first-order valence-corrected chi connectivity index (χ1v) is 3.49. The Morgan fingerprint density at radius 2 is 1.64 bits per heavy atom. The third kappa shape index (κ3) is 1.52. The third-order valence-corrected chi connectivity index (χ3v) is 1.89. The first kappa shape index (κ1) is 8.89. The van der Waals surface area contributed by atoms with Crippen LogP contribution in [0.1, 0.15) is 6.92 Å². The summed E-state index contributed by atoms with van der Waals surface area (Å²) in [4.78, 5) is 0. The molecule has 1 aliphatic heterocycles. The minimum atomic E-state index is -1.21. The van der Waals surface area contributed by atoms with Crippen LogP contribution in [0.3, 0.4) is 0 Å². The zero-order valence-electron chi connectivity index (χ0n) is 6.21. The van der Waals surface area contributed by atoms with Gasteiger partial charge in [-0.15, -0.1) is 0 Å². The highest BCUT2D eigenvalue weighted by Crippen LogP contribution is 2.17. The molecule has 1 aliphatic rings. The van der Waals surface area contributed by atoms with E-state index in [-0.39, 0.29) is 0 Å². The fourth-order valence-corrected chi connectivity index (χ4v) is 1.08. The van der Waals surface area contributed by atoms with Crippen molar-refractivity contribution in [3.8, 4) is 0 Å². The van der Waals surface area contributed by atoms with E-state index in [1.807, 2.05) is 0 Å². The van der Waals surface area contributed by atoms with Crippen LogP contribution < -0.4 is 5.73 Å². The summed E-state index contributed by atoms with van der Waals surface area (Å²) in [6.45, 7) is 1.58. The van der Waals surface area contributed by atoms with E-state index in [0.717, 1.165) is 0 Å². The standard InChI is InChI=1S/C6H13NO4/c1-2-3(8)4(9)5(10)6(7)11-2/h2-6,8-10H,7H2,1H3/t2?,3-,4?,5-,6+/m0/s1. The van der Waals surface area contributed by atoms with Crippen LogP contribution in [0, 0.1) is 0 Å². The van der Waals surface area contributed by atoms with Gasteiger partial charge in [0, 0.05) is 0 Å². The summed E-state index contributed by atoms with van der Waals surface area (Å²) in [6.07, 6.45) is -4.94. The molecule has 0 bridgehead atoms. The van der Waals surface area contributed by atoms with Crippen LogP contribution in [-0.2, 0) is 4.74 Å². The summed E-state index contributed by atoms with van der Waals surface area (Å²) in [5.74, 6) is 0. The van der Waals surface area contributed by atoms with Crippen molar-refractivity contribution in [3.05, 3.63) is 0 Å². The van der Waals surface area contributed by atoms with Gasteiger partial charge in [0.1, 0.15) is 24.5 Å². The molecule has 0 aliphatic carbocycles.